The number of imidazole rings is 4. The van der Waals surface area contributed by atoms with E-state index < -0.39 is 0 Å². The van der Waals surface area contributed by atoms with Crippen molar-refractivity contribution in [2.45, 2.75) is 12.1 Å². The maximum atomic E-state index is 5.91. The van der Waals surface area contributed by atoms with Crippen molar-refractivity contribution in [3.63, 3.8) is 0 Å². The van der Waals surface area contributed by atoms with Crippen LogP contribution in [0.3, 0.4) is 0 Å². The van der Waals surface area contributed by atoms with Crippen molar-refractivity contribution in [2.75, 3.05) is 0 Å². The van der Waals surface area contributed by atoms with E-state index in [2.05, 4.69) is 41.3 Å². The number of para-hydroxylation sites is 2. The average molecular weight is 995 g/mol. The summed E-state index contributed by atoms with van der Waals surface area (Å²) in [6.45, 7) is 0. The second-order valence-electron chi connectivity index (χ2n) is 11.0. The van der Waals surface area contributed by atoms with Crippen LogP contribution in [0.2, 0.25) is 0 Å². The number of furan rings is 1. The molecule has 2 aliphatic heterocycles. The van der Waals surface area contributed by atoms with E-state index in [4.69, 9.17) is 19.5 Å². The van der Waals surface area contributed by atoms with Crippen molar-refractivity contribution >= 4 is 33.4 Å². The van der Waals surface area contributed by atoms with Crippen molar-refractivity contribution < 1.29 is 60.4 Å². The summed E-state index contributed by atoms with van der Waals surface area (Å²) in [5.41, 5.74) is 8.27. The summed E-state index contributed by atoms with van der Waals surface area (Å²) >= 11 is 0. The van der Waals surface area contributed by atoms with Crippen LogP contribution in [0.25, 0.3) is 50.1 Å². The zero-order valence-corrected chi connectivity index (χ0v) is 29.9. The zero-order chi connectivity index (χ0) is 30.8. The van der Waals surface area contributed by atoms with Gasteiger partial charge in [0.1, 0.15) is 11.7 Å². The molecule has 0 N–H and O–H groups in total. The molecule has 2 atom stereocenters. The fourth-order valence-corrected chi connectivity index (χ4v) is 6.03. The maximum absolute atomic E-state index is 5.91. The minimum atomic E-state index is -0.0791. The molecule has 246 valence electrons. The molecule has 8 heterocycles. The SMILES string of the molecule is C[n+]1[c-]n(-c2coc3c2[n-]c2c(-n4[c-]ncc4)cccc23)cc1.C[n+]1[c-]n(C2=COC3c4cccc(-n5[c-]ncc5)c4[N-]C23)cc1.[Pt].[Pt]. The first-order valence-electron chi connectivity index (χ1n) is 14.5. The first-order chi connectivity index (χ1) is 22.6. The number of nitrogens with zero attached hydrogens (tertiary/aromatic N) is 10. The number of hydrogen-bond acceptors (Lipinski definition) is 4. The number of aryl methyl sites for hydroxylation is 2. The van der Waals surface area contributed by atoms with E-state index in [0.29, 0.717) is 0 Å². The number of fused-ring (bicyclic) bond motifs is 6. The second-order valence-corrected chi connectivity index (χ2v) is 11.0. The molecular formula is C34H24N10O2Pt2-4. The number of hydrogen-bond donors (Lipinski definition) is 0. The summed E-state index contributed by atoms with van der Waals surface area (Å²) < 4.78 is 22.9. The fourth-order valence-electron chi connectivity index (χ4n) is 6.03. The van der Waals surface area contributed by atoms with Crippen LogP contribution in [0.15, 0.2) is 103 Å². The number of benzene rings is 2. The van der Waals surface area contributed by atoms with E-state index in [1.54, 1.807) is 24.9 Å². The van der Waals surface area contributed by atoms with Gasteiger partial charge in [-0.05, 0) is 22.7 Å². The molecule has 8 aromatic rings. The summed E-state index contributed by atoms with van der Waals surface area (Å²) in [5, 5.41) is 5.90. The molecule has 14 heteroatoms. The third-order valence-electron chi connectivity index (χ3n) is 8.15. The van der Waals surface area contributed by atoms with Gasteiger partial charge in [-0.1, -0.05) is 72.4 Å². The first-order valence-corrected chi connectivity index (χ1v) is 14.5. The summed E-state index contributed by atoms with van der Waals surface area (Å²) in [6, 6.07) is 12.0. The van der Waals surface area contributed by atoms with Gasteiger partial charge in [-0.2, -0.15) is 5.69 Å². The van der Waals surface area contributed by atoms with Gasteiger partial charge in [0.2, 0.25) is 12.7 Å². The van der Waals surface area contributed by atoms with Crippen molar-refractivity contribution in [1.82, 2.24) is 33.2 Å². The smallest absolute Gasteiger partial charge is 0.243 e. The van der Waals surface area contributed by atoms with Crippen molar-refractivity contribution in [1.29, 1.82) is 0 Å². The number of aromatic nitrogens is 9. The third kappa shape index (κ3) is 5.16. The van der Waals surface area contributed by atoms with Gasteiger partial charge in [-0.25, -0.2) is 0 Å². The van der Waals surface area contributed by atoms with Crippen LogP contribution in [-0.2, 0) is 61.0 Å². The Hall–Kier alpha value is -4.92. The van der Waals surface area contributed by atoms with Gasteiger partial charge in [0.05, 0.1) is 38.0 Å². The number of ether oxygens (including phenoxy) is 1. The first kappa shape index (κ1) is 31.7. The summed E-state index contributed by atoms with van der Waals surface area (Å²) in [7, 11) is 3.87. The van der Waals surface area contributed by atoms with Gasteiger partial charge in [0, 0.05) is 79.6 Å². The standard InChI is InChI=1S/C17H13N5O.C17H11N5O.2Pt/c2*1-20-7-8-22(11-20)14-9-23-17-12-3-2-4-13(15(12)19-16(14)17)21-6-5-18-10-21;;/h2-9,16-17H,1H3;2-9H,1H3;;/q2*-2;;. The van der Waals surface area contributed by atoms with Crippen molar-refractivity contribution in [3.05, 3.63) is 135 Å². The Morgan fingerprint density at radius 3 is 2.15 bits per heavy atom. The Balaban J connectivity index is 0.000000146. The van der Waals surface area contributed by atoms with Crippen LogP contribution in [-0.4, -0.2) is 34.3 Å². The van der Waals surface area contributed by atoms with Crippen LogP contribution in [0.5, 0.6) is 0 Å². The van der Waals surface area contributed by atoms with E-state index in [9.17, 15) is 0 Å². The Morgan fingerprint density at radius 2 is 1.46 bits per heavy atom. The monoisotopic (exact) mass is 994 g/mol. The normalized spacial score (nSPS) is 15.8. The molecule has 0 spiro atoms. The van der Waals surface area contributed by atoms with Gasteiger partial charge in [-0.3, -0.25) is 0 Å². The minimum absolute atomic E-state index is 0. The molecule has 48 heavy (non-hydrogen) atoms. The van der Waals surface area contributed by atoms with Gasteiger partial charge in [-0.15, -0.1) is 5.52 Å². The van der Waals surface area contributed by atoms with E-state index in [1.807, 2.05) is 109 Å². The molecule has 0 bridgehead atoms. The molecule has 0 amide bonds. The minimum Gasteiger partial charge on any atom is -0.685 e. The van der Waals surface area contributed by atoms with Gasteiger partial charge in [0.25, 0.3) is 0 Å². The molecule has 0 saturated carbocycles. The topological polar surface area (TPSA) is 104 Å². The summed E-state index contributed by atoms with van der Waals surface area (Å²) in [4.78, 5) is 12.8. The summed E-state index contributed by atoms with van der Waals surface area (Å²) in [6.07, 6.45) is 30.5. The molecule has 0 fully saturated rings. The maximum Gasteiger partial charge on any atom is 0.243 e. The molecule has 0 radical (unpaired) electrons. The molecule has 10 rings (SSSR count). The largest absolute Gasteiger partial charge is 0.685 e. The molecular weight excluding hydrogens is 971 g/mol. The molecule has 12 nitrogen and oxygen atoms in total. The van der Waals surface area contributed by atoms with Crippen LogP contribution in [0.4, 0.5) is 5.69 Å². The zero-order valence-electron chi connectivity index (χ0n) is 25.3. The summed E-state index contributed by atoms with van der Waals surface area (Å²) in [5.74, 6) is 0. The molecule has 2 aliphatic rings. The predicted molar refractivity (Wildman–Crippen MR) is 164 cm³/mol. The van der Waals surface area contributed by atoms with Crippen LogP contribution >= 0.6 is 0 Å². The van der Waals surface area contributed by atoms with Crippen LogP contribution in [0.1, 0.15) is 11.7 Å². The van der Waals surface area contributed by atoms with E-state index in [-0.39, 0.29) is 54.3 Å². The molecule has 6 aromatic heterocycles. The Morgan fingerprint density at radius 1 is 0.771 bits per heavy atom. The fraction of sp³-hybridized carbons (Fsp3) is 0.118. The molecule has 2 aromatic carbocycles. The van der Waals surface area contributed by atoms with Crippen molar-refractivity contribution in [2.24, 2.45) is 14.1 Å². The number of rotatable bonds is 4. The average Bonchev–Trinajstić information content (AvgIpc) is 3.88. The van der Waals surface area contributed by atoms with Crippen molar-refractivity contribution in [3.8, 4) is 17.1 Å². The Bertz CT molecular complexity index is 2380. The predicted octanol–water partition coefficient (Wildman–Crippen LogP) is 4.00. The van der Waals surface area contributed by atoms with Gasteiger partial charge in [0.15, 0.2) is 0 Å². The molecule has 2 unspecified atom stereocenters. The molecule has 0 saturated heterocycles. The van der Waals surface area contributed by atoms with E-state index in [1.165, 1.54) is 0 Å². The quantitative estimate of drug-likeness (QED) is 0.196. The Labute approximate surface area is 303 Å². The Kier molecular flexibility index (Phi) is 8.31. The van der Waals surface area contributed by atoms with Gasteiger partial charge < -0.3 is 56.8 Å². The van der Waals surface area contributed by atoms with E-state index in [0.717, 1.165) is 56.0 Å². The van der Waals surface area contributed by atoms with Gasteiger partial charge >= 0.3 is 0 Å². The van der Waals surface area contributed by atoms with Crippen LogP contribution in [0, 0.1) is 25.3 Å². The second kappa shape index (κ2) is 12.6. The molecule has 0 aliphatic carbocycles. The van der Waals surface area contributed by atoms with E-state index >= 15 is 0 Å². The van der Waals surface area contributed by atoms with Crippen LogP contribution < -0.4 is 14.1 Å². The third-order valence-corrected chi connectivity index (χ3v) is 8.15.